The molecule has 0 saturated carbocycles. The fourth-order valence-corrected chi connectivity index (χ4v) is 1.09. The van der Waals surface area contributed by atoms with Crippen molar-refractivity contribution in [2.45, 2.75) is 40.2 Å². The van der Waals surface area contributed by atoms with Crippen LogP contribution in [0.5, 0.6) is 0 Å². The van der Waals surface area contributed by atoms with Gasteiger partial charge in [0, 0.05) is 19.5 Å². The van der Waals surface area contributed by atoms with E-state index in [1.807, 2.05) is 27.7 Å². The van der Waals surface area contributed by atoms with E-state index >= 15 is 0 Å². The summed E-state index contributed by atoms with van der Waals surface area (Å²) in [5, 5.41) is 5.31. The summed E-state index contributed by atoms with van der Waals surface area (Å²) >= 11 is 0. The molecule has 0 heterocycles. The van der Waals surface area contributed by atoms with Crippen LogP contribution in [0.25, 0.3) is 0 Å². The number of rotatable bonds is 5. The average molecular weight is 229 g/mol. The zero-order valence-electron chi connectivity index (χ0n) is 10.6. The minimum atomic E-state index is -0.554. The lowest BCUT2D eigenvalue weighted by molar-refractivity contribution is -0.124. The molecule has 5 heteroatoms. The Labute approximate surface area is 97.2 Å². The van der Waals surface area contributed by atoms with Gasteiger partial charge in [0.15, 0.2) is 0 Å². The summed E-state index contributed by atoms with van der Waals surface area (Å²) in [5.41, 5.74) is 5.49. The first-order valence-corrected chi connectivity index (χ1v) is 5.59. The summed E-state index contributed by atoms with van der Waals surface area (Å²) in [5.74, 6) is -0.274. The Morgan fingerprint density at radius 1 is 1.25 bits per heavy atom. The molecule has 0 aliphatic carbocycles. The number of hydrogen-bond donors (Lipinski definition) is 3. The number of amides is 2. The Balaban J connectivity index is 3.87. The van der Waals surface area contributed by atoms with Gasteiger partial charge in [0.1, 0.15) is 0 Å². The van der Waals surface area contributed by atoms with Crippen LogP contribution in [-0.2, 0) is 9.59 Å². The van der Waals surface area contributed by atoms with Gasteiger partial charge in [0.2, 0.25) is 11.8 Å². The second-order valence-electron chi connectivity index (χ2n) is 4.84. The lowest BCUT2D eigenvalue weighted by Crippen LogP contribution is -2.49. The molecule has 0 radical (unpaired) electrons. The van der Waals surface area contributed by atoms with Crippen LogP contribution in [0.15, 0.2) is 0 Å². The van der Waals surface area contributed by atoms with Gasteiger partial charge in [0.25, 0.3) is 0 Å². The van der Waals surface area contributed by atoms with E-state index in [1.54, 1.807) is 0 Å². The van der Waals surface area contributed by atoms with Gasteiger partial charge in [-0.15, -0.1) is 0 Å². The average Bonchev–Trinajstić information content (AvgIpc) is 2.15. The zero-order valence-corrected chi connectivity index (χ0v) is 10.6. The molecule has 0 saturated heterocycles. The van der Waals surface area contributed by atoms with Crippen LogP contribution in [0.1, 0.15) is 34.1 Å². The molecule has 0 bridgehead atoms. The van der Waals surface area contributed by atoms with Crippen LogP contribution in [0.4, 0.5) is 0 Å². The third-order valence-corrected chi connectivity index (χ3v) is 2.24. The van der Waals surface area contributed by atoms with Crippen molar-refractivity contribution in [3.8, 4) is 0 Å². The van der Waals surface area contributed by atoms with E-state index in [0.717, 1.165) is 0 Å². The first kappa shape index (κ1) is 14.9. The number of carbonyl (C=O) groups is 2. The van der Waals surface area contributed by atoms with Crippen molar-refractivity contribution in [1.29, 1.82) is 0 Å². The van der Waals surface area contributed by atoms with Crippen LogP contribution in [-0.4, -0.2) is 30.9 Å². The Morgan fingerprint density at radius 3 is 2.25 bits per heavy atom. The molecular weight excluding hydrogens is 206 g/mol. The van der Waals surface area contributed by atoms with E-state index < -0.39 is 6.04 Å². The second-order valence-corrected chi connectivity index (χ2v) is 4.84. The molecule has 0 spiro atoms. The van der Waals surface area contributed by atoms with E-state index in [-0.39, 0.29) is 23.7 Å². The van der Waals surface area contributed by atoms with E-state index in [0.29, 0.717) is 13.1 Å². The van der Waals surface area contributed by atoms with E-state index in [4.69, 9.17) is 5.73 Å². The smallest absolute Gasteiger partial charge is 0.237 e. The summed E-state index contributed by atoms with van der Waals surface area (Å²) < 4.78 is 0. The minimum absolute atomic E-state index is 0.0628. The van der Waals surface area contributed by atoms with Gasteiger partial charge in [-0.05, 0) is 12.3 Å². The Bertz CT molecular complexity index is 246. The maximum Gasteiger partial charge on any atom is 0.237 e. The standard InChI is InChI=1S/C11H23N3O2/c1-5-13-8(15)6-7-14-10(16)9(12)11(2,3)4/h9H,5-7,12H2,1-4H3,(H,13,15)(H,14,16)/t9-/m0/s1. The molecule has 0 aromatic carbocycles. The molecule has 0 fully saturated rings. The van der Waals surface area contributed by atoms with Crippen molar-refractivity contribution < 1.29 is 9.59 Å². The van der Waals surface area contributed by atoms with Crippen LogP contribution < -0.4 is 16.4 Å². The van der Waals surface area contributed by atoms with Gasteiger partial charge in [-0.1, -0.05) is 20.8 Å². The summed E-state index contributed by atoms with van der Waals surface area (Å²) in [6, 6.07) is -0.554. The van der Waals surface area contributed by atoms with Crippen molar-refractivity contribution in [2.24, 2.45) is 11.1 Å². The molecule has 4 N–H and O–H groups in total. The Hall–Kier alpha value is -1.10. The number of carbonyl (C=O) groups excluding carboxylic acids is 2. The SMILES string of the molecule is CCNC(=O)CCNC(=O)[C@H](N)C(C)(C)C. The quantitative estimate of drug-likeness (QED) is 0.620. The highest BCUT2D eigenvalue weighted by molar-refractivity contribution is 5.83. The molecule has 5 nitrogen and oxygen atoms in total. The Morgan fingerprint density at radius 2 is 1.81 bits per heavy atom. The van der Waals surface area contributed by atoms with Crippen molar-refractivity contribution in [3.63, 3.8) is 0 Å². The predicted octanol–water partition coefficient (Wildman–Crippen LogP) is 0.00220. The molecule has 16 heavy (non-hydrogen) atoms. The monoisotopic (exact) mass is 229 g/mol. The second kappa shape index (κ2) is 6.48. The third kappa shape index (κ3) is 5.70. The summed E-state index contributed by atoms with van der Waals surface area (Å²) in [6.07, 6.45) is 0.288. The lowest BCUT2D eigenvalue weighted by Gasteiger charge is -2.25. The molecule has 0 aliphatic rings. The van der Waals surface area contributed by atoms with Crippen molar-refractivity contribution >= 4 is 11.8 Å². The van der Waals surface area contributed by atoms with E-state index in [1.165, 1.54) is 0 Å². The fraction of sp³-hybridized carbons (Fsp3) is 0.818. The summed E-state index contributed by atoms with van der Waals surface area (Å²) in [6.45, 7) is 8.50. The molecule has 94 valence electrons. The van der Waals surface area contributed by atoms with E-state index in [2.05, 4.69) is 10.6 Å². The van der Waals surface area contributed by atoms with Crippen molar-refractivity contribution in [3.05, 3.63) is 0 Å². The topological polar surface area (TPSA) is 84.2 Å². The van der Waals surface area contributed by atoms with Crippen LogP contribution >= 0.6 is 0 Å². The molecular formula is C11H23N3O2. The highest BCUT2D eigenvalue weighted by Crippen LogP contribution is 2.16. The molecule has 0 aliphatic heterocycles. The number of hydrogen-bond acceptors (Lipinski definition) is 3. The maximum atomic E-state index is 11.6. The van der Waals surface area contributed by atoms with Crippen molar-refractivity contribution in [1.82, 2.24) is 10.6 Å². The van der Waals surface area contributed by atoms with Gasteiger partial charge in [0.05, 0.1) is 6.04 Å². The van der Waals surface area contributed by atoms with Gasteiger partial charge in [-0.2, -0.15) is 0 Å². The first-order valence-electron chi connectivity index (χ1n) is 5.59. The van der Waals surface area contributed by atoms with Crippen LogP contribution in [0, 0.1) is 5.41 Å². The molecule has 1 atom stereocenters. The molecule has 0 unspecified atom stereocenters. The molecule has 0 aromatic rings. The summed E-state index contributed by atoms with van der Waals surface area (Å²) in [7, 11) is 0. The largest absolute Gasteiger partial charge is 0.356 e. The molecule has 0 rings (SSSR count). The highest BCUT2D eigenvalue weighted by atomic mass is 16.2. The minimum Gasteiger partial charge on any atom is -0.356 e. The van der Waals surface area contributed by atoms with Gasteiger partial charge < -0.3 is 16.4 Å². The third-order valence-electron chi connectivity index (χ3n) is 2.24. The zero-order chi connectivity index (χ0) is 12.8. The van der Waals surface area contributed by atoms with Crippen LogP contribution in [0.2, 0.25) is 0 Å². The van der Waals surface area contributed by atoms with Crippen LogP contribution in [0.3, 0.4) is 0 Å². The van der Waals surface area contributed by atoms with E-state index in [9.17, 15) is 9.59 Å². The predicted molar refractivity (Wildman–Crippen MR) is 63.7 cm³/mol. The fourth-order valence-electron chi connectivity index (χ4n) is 1.09. The number of nitrogens with two attached hydrogens (primary N) is 1. The molecule has 2 amide bonds. The highest BCUT2D eigenvalue weighted by Gasteiger charge is 2.26. The summed E-state index contributed by atoms with van der Waals surface area (Å²) in [4.78, 5) is 22.7. The van der Waals surface area contributed by atoms with Gasteiger partial charge in [-0.25, -0.2) is 0 Å². The number of nitrogens with one attached hydrogen (secondary N) is 2. The lowest BCUT2D eigenvalue weighted by atomic mass is 9.87. The Kier molecular flexibility index (Phi) is 6.03. The molecule has 0 aromatic heterocycles. The van der Waals surface area contributed by atoms with Crippen molar-refractivity contribution in [2.75, 3.05) is 13.1 Å². The van der Waals surface area contributed by atoms with Gasteiger partial charge in [-0.3, -0.25) is 9.59 Å². The first-order chi connectivity index (χ1) is 7.29. The normalized spacial score (nSPS) is 13.1. The van der Waals surface area contributed by atoms with Gasteiger partial charge >= 0.3 is 0 Å². The maximum absolute atomic E-state index is 11.6.